The Morgan fingerprint density at radius 3 is 2.62 bits per heavy atom. The molecule has 0 aliphatic carbocycles. The minimum absolute atomic E-state index is 0.0928. The number of nitrogens with zero attached hydrogens (tertiary/aromatic N) is 1. The standard InChI is InChI=1S/C18H26N2O2S2/c1-19-18(22)15-9-7-14(8-10-15)13-20(2)17(21)6-4-3-5-16-11-12-23-24-16/h7-10,16H,3-6,11-13H2,1-2H3,(H,19,22)/t16-/m0/s1. The van der Waals surface area contributed by atoms with Crippen molar-refractivity contribution in [2.75, 3.05) is 19.8 Å². The van der Waals surface area contributed by atoms with Gasteiger partial charge in [0.15, 0.2) is 0 Å². The fraction of sp³-hybridized carbons (Fsp3) is 0.556. The maximum absolute atomic E-state index is 12.2. The predicted molar refractivity (Wildman–Crippen MR) is 103 cm³/mol. The van der Waals surface area contributed by atoms with Gasteiger partial charge in [0.05, 0.1) is 0 Å². The van der Waals surface area contributed by atoms with E-state index in [-0.39, 0.29) is 11.8 Å². The number of benzene rings is 1. The second-order valence-corrected chi connectivity index (χ2v) is 8.89. The first-order valence-electron chi connectivity index (χ1n) is 8.43. The quantitative estimate of drug-likeness (QED) is 0.563. The van der Waals surface area contributed by atoms with E-state index in [1.54, 1.807) is 24.1 Å². The number of hydrogen-bond acceptors (Lipinski definition) is 4. The number of nitrogens with one attached hydrogen (secondary N) is 1. The molecule has 0 bridgehead atoms. The summed E-state index contributed by atoms with van der Waals surface area (Å²) < 4.78 is 0. The van der Waals surface area contributed by atoms with Gasteiger partial charge in [-0.1, -0.05) is 40.1 Å². The molecule has 1 N–H and O–H groups in total. The van der Waals surface area contributed by atoms with E-state index in [2.05, 4.69) is 5.32 Å². The van der Waals surface area contributed by atoms with Gasteiger partial charge < -0.3 is 10.2 Å². The molecule has 132 valence electrons. The van der Waals surface area contributed by atoms with Gasteiger partial charge in [-0.15, -0.1) is 0 Å². The van der Waals surface area contributed by atoms with Gasteiger partial charge in [0.1, 0.15) is 0 Å². The third-order valence-corrected chi connectivity index (χ3v) is 7.19. The van der Waals surface area contributed by atoms with Crippen LogP contribution in [0.4, 0.5) is 0 Å². The molecule has 0 unspecified atom stereocenters. The Labute approximate surface area is 152 Å². The predicted octanol–water partition coefficient (Wildman–Crippen LogP) is 3.72. The number of carbonyl (C=O) groups is 2. The van der Waals surface area contributed by atoms with Crippen LogP contribution >= 0.6 is 21.6 Å². The second-order valence-electron chi connectivity index (χ2n) is 6.10. The summed E-state index contributed by atoms with van der Waals surface area (Å²) in [4.78, 5) is 25.5. The third-order valence-electron chi connectivity index (χ3n) is 4.18. The zero-order valence-electron chi connectivity index (χ0n) is 14.4. The monoisotopic (exact) mass is 366 g/mol. The maximum atomic E-state index is 12.2. The number of rotatable bonds is 8. The van der Waals surface area contributed by atoms with Crippen molar-refractivity contribution in [1.82, 2.24) is 10.2 Å². The highest BCUT2D eigenvalue weighted by molar-refractivity contribution is 8.77. The smallest absolute Gasteiger partial charge is 0.251 e. The molecular weight excluding hydrogens is 340 g/mol. The van der Waals surface area contributed by atoms with E-state index >= 15 is 0 Å². The zero-order valence-corrected chi connectivity index (χ0v) is 16.0. The molecule has 0 saturated carbocycles. The van der Waals surface area contributed by atoms with Gasteiger partial charge in [-0.05, 0) is 37.0 Å². The van der Waals surface area contributed by atoms with Crippen LogP contribution in [-0.4, -0.2) is 41.8 Å². The van der Waals surface area contributed by atoms with Crippen molar-refractivity contribution in [3.05, 3.63) is 35.4 Å². The van der Waals surface area contributed by atoms with Gasteiger partial charge in [-0.2, -0.15) is 0 Å². The summed E-state index contributed by atoms with van der Waals surface area (Å²) in [6.45, 7) is 0.585. The molecule has 0 radical (unpaired) electrons. The summed E-state index contributed by atoms with van der Waals surface area (Å²) in [6, 6.07) is 7.40. The van der Waals surface area contributed by atoms with Gasteiger partial charge in [0.2, 0.25) is 5.91 Å². The molecule has 1 aromatic carbocycles. The van der Waals surface area contributed by atoms with E-state index in [0.29, 0.717) is 18.5 Å². The van der Waals surface area contributed by atoms with Gasteiger partial charge >= 0.3 is 0 Å². The number of hydrogen-bond donors (Lipinski definition) is 1. The molecule has 1 aliphatic heterocycles. The fourth-order valence-corrected chi connectivity index (χ4v) is 5.70. The first kappa shape index (κ1) is 19.2. The molecular formula is C18H26N2O2S2. The lowest BCUT2D eigenvalue weighted by Crippen LogP contribution is -2.26. The highest BCUT2D eigenvalue weighted by Crippen LogP contribution is 2.39. The highest BCUT2D eigenvalue weighted by Gasteiger charge is 2.16. The molecule has 1 aromatic rings. The van der Waals surface area contributed by atoms with Gasteiger partial charge in [0, 0.05) is 43.6 Å². The summed E-state index contributed by atoms with van der Waals surface area (Å²) in [5.74, 6) is 1.37. The molecule has 4 nitrogen and oxygen atoms in total. The van der Waals surface area contributed by atoms with E-state index in [4.69, 9.17) is 0 Å². The molecule has 1 fully saturated rings. The lowest BCUT2D eigenvalue weighted by Gasteiger charge is -2.17. The average Bonchev–Trinajstić information content (AvgIpc) is 3.12. The number of carbonyl (C=O) groups excluding carboxylic acids is 2. The van der Waals surface area contributed by atoms with Crippen molar-refractivity contribution < 1.29 is 9.59 Å². The van der Waals surface area contributed by atoms with Gasteiger partial charge in [-0.25, -0.2) is 0 Å². The van der Waals surface area contributed by atoms with Crippen LogP contribution in [0.1, 0.15) is 48.0 Å². The molecule has 24 heavy (non-hydrogen) atoms. The Kier molecular flexibility index (Phi) is 7.99. The third kappa shape index (κ3) is 6.06. The number of amides is 2. The van der Waals surface area contributed by atoms with Crippen LogP contribution in [-0.2, 0) is 11.3 Å². The van der Waals surface area contributed by atoms with Crippen molar-refractivity contribution in [2.24, 2.45) is 0 Å². The van der Waals surface area contributed by atoms with E-state index in [0.717, 1.165) is 23.7 Å². The Morgan fingerprint density at radius 1 is 1.25 bits per heavy atom. The summed E-state index contributed by atoms with van der Waals surface area (Å²) in [7, 11) is 7.44. The normalized spacial score (nSPS) is 16.8. The molecule has 2 rings (SSSR count). The van der Waals surface area contributed by atoms with Crippen LogP contribution in [0.25, 0.3) is 0 Å². The van der Waals surface area contributed by atoms with Gasteiger partial charge in [-0.3, -0.25) is 9.59 Å². The van der Waals surface area contributed by atoms with Crippen molar-refractivity contribution in [1.29, 1.82) is 0 Å². The largest absolute Gasteiger partial charge is 0.355 e. The zero-order chi connectivity index (χ0) is 17.4. The fourth-order valence-electron chi connectivity index (χ4n) is 2.67. The van der Waals surface area contributed by atoms with Crippen molar-refractivity contribution in [3.63, 3.8) is 0 Å². The van der Waals surface area contributed by atoms with Crippen LogP contribution < -0.4 is 5.32 Å². The Bertz CT molecular complexity index is 542. The summed E-state index contributed by atoms with van der Waals surface area (Å²) in [6.07, 6.45) is 5.28. The van der Waals surface area contributed by atoms with Crippen LogP contribution in [0.15, 0.2) is 24.3 Å². The van der Waals surface area contributed by atoms with E-state index < -0.39 is 0 Å². The molecule has 1 atom stereocenters. The minimum atomic E-state index is -0.0928. The summed E-state index contributed by atoms with van der Waals surface area (Å²) >= 11 is 0. The maximum Gasteiger partial charge on any atom is 0.251 e. The highest BCUT2D eigenvalue weighted by atomic mass is 33.1. The molecule has 2 amide bonds. The molecule has 1 saturated heterocycles. The minimum Gasteiger partial charge on any atom is -0.355 e. The SMILES string of the molecule is CNC(=O)c1ccc(CN(C)C(=O)CCCC[C@H]2CCSS2)cc1. The Morgan fingerprint density at radius 2 is 2.00 bits per heavy atom. The van der Waals surface area contributed by atoms with E-state index in [1.807, 2.05) is 40.8 Å². The van der Waals surface area contributed by atoms with Crippen molar-refractivity contribution >= 4 is 33.4 Å². The van der Waals surface area contributed by atoms with E-state index in [1.165, 1.54) is 18.6 Å². The van der Waals surface area contributed by atoms with Gasteiger partial charge in [0.25, 0.3) is 5.91 Å². The van der Waals surface area contributed by atoms with Crippen LogP contribution in [0.3, 0.4) is 0 Å². The average molecular weight is 367 g/mol. The van der Waals surface area contributed by atoms with Crippen LogP contribution in [0.2, 0.25) is 0 Å². The van der Waals surface area contributed by atoms with E-state index in [9.17, 15) is 9.59 Å². The molecule has 0 aromatic heterocycles. The molecule has 0 spiro atoms. The molecule has 6 heteroatoms. The molecule has 1 heterocycles. The first-order chi connectivity index (χ1) is 11.6. The van der Waals surface area contributed by atoms with Crippen LogP contribution in [0, 0.1) is 0 Å². The Balaban J connectivity index is 1.69. The Hall–Kier alpha value is -1.14. The summed E-state index contributed by atoms with van der Waals surface area (Å²) in [5, 5.41) is 3.40. The topological polar surface area (TPSA) is 49.4 Å². The first-order valence-corrected chi connectivity index (χ1v) is 10.8. The lowest BCUT2D eigenvalue weighted by molar-refractivity contribution is -0.130. The summed E-state index contributed by atoms with van der Waals surface area (Å²) in [5.41, 5.74) is 1.68. The van der Waals surface area contributed by atoms with Crippen molar-refractivity contribution in [3.8, 4) is 0 Å². The van der Waals surface area contributed by atoms with Crippen molar-refractivity contribution in [2.45, 2.75) is 43.9 Å². The molecule has 1 aliphatic rings. The lowest BCUT2D eigenvalue weighted by atomic mass is 10.1. The second kappa shape index (κ2) is 9.99. The van der Waals surface area contributed by atoms with Crippen LogP contribution in [0.5, 0.6) is 0 Å². The number of unbranched alkanes of at least 4 members (excludes halogenated alkanes) is 1.